The maximum Gasteiger partial charge on any atom is 0.357 e. The van der Waals surface area contributed by atoms with Crippen LogP contribution in [0.15, 0.2) is 11.9 Å². The quantitative estimate of drug-likeness (QED) is 0.520. The summed E-state index contributed by atoms with van der Waals surface area (Å²) < 4.78 is 22.7. The standard InChI is InChI=1S/C9H17Cl2O3P/c1-7(2)15(12,13-8(3)5-10)14-9(4)6-11/h8-9H,1,5-6H2,2-4H3. The van der Waals surface area contributed by atoms with E-state index in [-0.39, 0.29) is 24.0 Å². The highest BCUT2D eigenvalue weighted by atomic mass is 35.5. The molecule has 0 aromatic carbocycles. The van der Waals surface area contributed by atoms with Crippen LogP contribution >= 0.6 is 30.8 Å². The fourth-order valence-electron chi connectivity index (χ4n) is 0.735. The number of allylic oxidation sites excluding steroid dienone is 1. The van der Waals surface area contributed by atoms with Crippen LogP contribution in [0.1, 0.15) is 20.8 Å². The first-order valence-electron chi connectivity index (χ1n) is 4.60. The summed E-state index contributed by atoms with van der Waals surface area (Å²) in [5.41, 5.74) is 0. The Balaban J connectivity index is 4.60. The van der Waals surface area contributed by atoms with Gasteiger partial charge in [-0.3, -0.25) is 4.57 Å². The minimum Gasteiger partial charge on any atom is -0.301 e. The molecular formula is C9H17Cl2O3P. The highest BCUT2D eigenvalue weighted by molar-refractivity contribution is 7.58. The summed E-state index contributed by atoms with van der Waals surface area (Å²) >= 11 is 11.2. The van der Waals surface area contributed by atoms with Crippen molar-refractivity contribution < 1.29 is 13.6 Å². The number of alkyl halides is 2. The van der Waals surface area contributed by atoms with Crippen molar-refractivity contribution in [3.63, 3.8) is 0 Å². The van der Waals surface area contributed by atoms with Crippen molar-refractivity contribution in [2.75, 3.05) is 11.8 Å². The van der Waals surface area contributed by atoms with Crippen LogP contribution in [0, 0.1) is 0 Å². The van der Waals surface area contributed by atoms with Crippen LogP contribution in [-0.4, -0.2) is 24.0 Å². The van der Waals surface area contributed by atoms with Gasteiger partial charge < -0.3 is 9.05 Å². The Bertz CT molecular complexity index is 242. The van der Waals surface area contributed by atoms with E-state index in [9.17, 15) is 4.57 Å². The summed E-state index contributed by atoms with van der Waals surface area (Å²) in [5.74, 6) is 0.492. The average molecular weight is 275 g/mol. The molecule has 0 aliphatic carbocycles. The second-order valence-corrected chi connectivity index (χ2v) is 6.17. The zero-order chi connectivity index (χ0) is 12.1. The van der Waals surface area contributed by atoms with Crippen LogP contribution in [0.4, 0.5) is 0 Å². The lowest BCUT2D eigenvalue weighted by Crippen LogP contribution is -2.14. The molecule has 6 heteroatoms. The minimum atomic E-state index is -3.30. The van der Waals surface area contributed by atoms with Gasteiger partial charge in [-0.25, -0.2) is 0 Å². The van der Waals surface area contributed by atoms with Gasteiger partial charge in [0.2, 0.25) is 0 Å². The molecule has 2 unspecified atom stereocenters. The molecule has 0 aromatic heterocycles. The molecule has 0 N–H and O–H groups in total. The van der Waals surface area contributed by atoms with Gasteiger partial charge in [-0.15, -0.1) is 23.2 Å². The van der Waals surface area contributed by atoms with Crippen molar-refractivity contribution in [3.8, 4) is 0 Å². The highest BCUT2D eigenvalue weighted by Gasteiger charge is 2.30. The van der Waals surface area contributed by atoms with E-state index in [4.69, 9.17) is 32.2 Å². The molecule has 0 heterocycles. The molecule has 0 radical (unpaired) electrons. The summed E-state index contributed by atoms with van der Waals surface area (Å²) in [5, 5.41) is 0.358. The molecule has 0 saturated carbocycles. The third kappa shape index (κ3) is 5.37. The smallest absolute Gasteiger partial charge is 0.301 e. The first-order valence-corrected chi connectivity index (χ1v) is 7.21. The fraction of sp³-hybridized carbons (Fsp3) is 0.778. The molecule has 0 amide bonds. The molecule has 2 atom stereocenters. The molecule has 0 aromatic rings. The summed E-state index contributed by atoms with van der Waals surface area (Å²) in [4.78, 5) is 0. The molecule has 0 fully saturated rings. The van der Waals surface area contributed by atoms with Crippen molar-refractivity contribution >= 4 is 30.8 Å². The maximum atomic E-state index is 12.2. The van der Waals surface area contributed by atoms with Gasteiger partial charge in [0.05, 0.1) is 12.2 Å². The number of rotatable bonds is 7. The van der Waals surface area contributed by atoms with Crippen LogP contribution in [0.2, 0.25) is 0 Å². The Hall–Kier alpha value is 0.470. The van der Waals surface area contributed by atoms with Gasteiger partial charge in [0.1, 0.15) is 0 Å². The second kappa shape index (κ2) is 6.93. The normalized spacial score (nSPS) is 19.3. The van der Waals surface area contributed by atoms with Crippen molar-refractivity contribution in [2.24, 2.45) is 0 Å². The van der Waals surface area contributed by atoms with Crippen molar-refractivity contribution in [1.82, 2.24) is 0 Å². The van der Waals surface area contributed by atoms with E-state index in [1.54, 1.807) is 20.8 Å². The zero-order valence-corrected chi connectivity index (χ0v) is 11.6. The highest BCUT2D eigenvalue weighted by Crippen LogP contribution is 2.57. The van der Waals surface area contributed by atoms with Crippen LogP contribution < -0.4 is 0 Å². The van der Waals surface area contributed by atoms with Gasteiger partial charge in [0.25, 0.3) is 0 Å². The van der Waals surface area contributed by atoms with Crippen molar-refractivity contribution in [3.05, 3.63) is 11.9 Å². The lowest BCUT2D eigenvalue weighted by molar-refractivity contribution is 0.150. The third-order valence-corrected chi connectivity index (χ3v) is 4.62. The fourth-order valence-corrected chi connectivity index (χ4v) is 2.54. The first-order chi connectivity index (χ1) is 6.85. The lowest BCUT2D eigenvalue weighted by atomic mass is 10.5. The Morgan fingerprint density at radius 1 is 1.27 bits per heavy atom. The molecule has 90 valence electrons. The van der Waals surface area contributed by atoms with Crippen LogP contribution in [0.3, 0.4) is 0 Å². The lowest BCUT2D eigenvalue weighted by Gasteiger charge is -2.23. The predicted octanol–water partition coefficient (Wildman–Crippen LogP) is 4.00. The molecule has 0 rings (SSSR count). The third-order valence-electron chi connectivity index (χ3n) is 1.54. The summed E-state index contributed by atoms with van der Waals surface area (Å²) in [6.45, 7) is 8.64. The Kier molecular flexibility index (Phi) is 7.14. The maximum absolute atomic E-state index is 12.2. The topological polar surface area (TPSA) is 35.5 Å². The summed E-state index contributed by atoms with van der Waals surface area (Å²) in [6, 6.07) is 0. The van der Waals surface area contributed by atoms with Crippen molar-refractivity contribution in [1.29, 1.82) is 0 Å². The second-order valence-electron chi connectivity index (χ2n) is 3.37. The molecule has 0 bridgehead atoms. The average Bonchev–Trinajstić information content (AvgIpc) is 2.16. The predicted molar refractivity (Wildman–Crippen MR) is 65.0 cm³/mol. The first kappa shape index (κ1) is 15.5. The van der Waals surface area contributed by atoms with Gasteiger partial charge in [0, 0.05) is 17.1 Å². The van der Waals surface area contributed by atoms with Gasteiger partial charge in [0.15, 0.2) is 0 Å². The van der Waals surface area contributed by atoms with E-state index in [0.29, 0.717) is 5.31 Å². The molecule has 0 saturated heterocycles. The molecular weight excluding hydrogens is 258 g/mol. The van der Waals surface area contributed by atoms with E-state index in [1.807, 2.05) is 0 Å². The van der Waals surface area contributed by atoms with Crippen molar-refractivity contribution in [2.45, 2.75) is 33.0 Å². The molecule has 0 aliphatic heterocycles. The molecule has 0 aliphatic rings. The Morgan fingerprint density at radius 2 is 1.60 bits per heavy atom. The van der Waals surface area contributed by atoms with Gasteiger partial charge in [-0.05, 0) is 20.8 Å². The monoisotopic (exact) mass is 274 g/mol. The van der Waals surface area contributed by atoms with E-state index in [1.165, 1.54) is 0 Å². The van der Waals surface area contributed by atoms with Gasteiger partial charge in [-0.2, -0.15) is 0 Å². The van der Waals surface area contributed by atoms with Gasteiger partial charge in [-0.1, -0.05) is 6.58 Å². The number of hydrogen-bond acceptors (Lipinski definition) is 3. The van der Waals surface area contributed by atoms with E-state index in [0.717, 1.165) is 0 Å². The largest absolute Gasteiger partial charge is 0.357 e. The molecule has 0 spiro atoms. The Labute approximate surface area is 101 Å². The van der Waals surface area contributed by atoms with Crippen LogP contribution in [0.5, 0.6) is 0 Å². The summed E-state index contributed by atoms with van der Waals surface area (Å²) in [6.07, 6.45) is -0.701. The summed E-state index contributed by atoms with van der Waals surface area (Å²) in [7, 11) is -3.30. The Morgan fingerprint density at radius 3 is 1.80 bits per heavy atom. The number of hydrogen-bond donors (Lipinski definition) is 0. The van der Waals surface area contributed by atoms with E-state index >= 15 is 0 Å². The van der Waals surface area contributed by atoms with Gasteiger partial charge >= 0.3 is 7.60 Å². The number of halogens is 2. The van der Waals surface area contributed by atoms with Crippen LogP contribution in [-0.2, 0) is 13.6 Å². The molecule has 3 nitrogen and oxygen atoms in total. The molecule has 15 heavy (non-hydrogen) atoms. The van der Waals surface area contributed by atoms with E-state index < -0.39 is 7.60 Å². The van der Waals surface area contributed by atoms with E-state index in [2.05, 4.69) is 6.58 Å². The minimum absolute atomic E-state index is 0.246. The van der Waals surface area contributed by atoms with Crippen LogP contribution in [0.25, 0.3) is 0 Å². The SMILES string of the molecule is C=C(C)P(=O)(OC(C)CCl)OC(C)CCl. The zero-order valence-electron chi connectivity index (χ0n) is 9.20.